The minimum absolute atomic E-state index is 0.0220. The highest BCUT2D eigenvalue weighted by atomic mass is 16.7. The maximum absolute atomic E-state index is 11.9. The third-order valence-corrected chi connectivity index (χ3v) is 3.01. The highest BCUT2D eigenvalue weighted by Crippen LogP contribution is 2.42. The van der Waals surface area contributed by atoms with Crippen molar-refractivity contribution in [3.63, 3.8) is 0 Å². The first-order valence-corrected chi connectivity index (χ1v) is 5.68. The van der Waals surface area contributed by atoms with E-state index < -0.39 is 5.60 Å². The highest BCUT2D eigenvalue weighted by Gasteiger charge is 2.61. The van der Waals surface area contributed by atoms with Crippen LogP contribution < -0.4 is 4.74 Å². The summed E-state index contributed by atoms with van der Waals surface area (Å²) in [5.74, 6) is 0.304. The second-order valence-electron chi connectivity index (χ2n) is 3.96. The molecular formula is C13H16O3. The average molecular weight is 220 g/mol. The predicted molar refractivity (Wildman–Crippen MR) is 60.3 cm³/mol. The van der Waals surface area contributed by atoms with Gasteiger partial charge in [0.25, 0.3) is 0 Å². The standard InChI is InChI=1S/C13H16O3/c1-3-11-13(4-2,16-11)12(14)15-10-8-6-5-7-9-10/h5-9,11H,3-4H2,1-2H3. The lowest BCUT2D eigenvalue weighted by molar-refractivity contribution is -0.140. The molecule has 0 amide bonds. The summed E-state index contributed by atoms with van der Waals surface area (Å²) in [7, 11) is 0. The van der Waals surface area contributed by atoms with Gasteiger partial charge in [0, 0.05) is 0 Å². The van der Waals surface area contributed by atoms with Crippen LogP contribution in [0, 0.1) is 0 Å². The van der Waals surface area contributed by atoms with Crippen molar-refractivity contribution in [2.75, 3.05) is 0 Å². The van der Waals surface area contributed by atoms with E-state index in [1.165, 1.54) is 0 Å². The molecule has 1 aromatic rings. The van der Waals surface area contributed by atoms with E-state index in [-0.39, 0.29) is 12.1 Å². The summed E-state index contributed by atoms with van der Waals surface area (Å²) in [4.78, 5) is 11.9. The number of esters is 1. The number of benzene rings is 1. The molecular weight excluding hydrogens is 204 g/mol. The number of carbonyl (C=O) groups is 1. The Kier molecular flexibility index (Phi) is 2.97. The van der Waals surface area contributed by atoms with Crippen LogP contribution in [0.1, 0.15) is 26.7 Å². The molecule has 1 aliphatic rings. The zero-order chi connectivity index (χ0) is 11.6. The molecule has 16 heavy (non-hydrogen) atoms. The number of hydrogen-bond donors (Lipinski definition) is 0. The maximum atomic E-state index is 11.9. The molecule has 1 aliphatic heterocycles. The number of ether oxygens (including phenoxy) is 2. The van der Waals surface area contributed by atoms with E-state index >= 15 is 0 Å². The number of rotatable bonds is 4. The first kappa shape index (κ1) is 11.1. The van der Waals surface area contributed by atoms with Gasteiger partial charge in [-0.2, -0.15) is 0 Å². The molecule has 0 aromatic heterocycles. The lowest BCUT2D eigenvalue weighted by Crippen LogP contribution is -2.31. The first-order valence-electron chi connectivity index (χ1n) is 5.68. The second-order valence-corrected chi connectivity index (χ2v) is 3.96. The van der Waals surface area contributed by atoms with Gasteiger partial charge in [0.1, 0.15) is 5.75 Å². The summed E-state index contributed by atoms with van der Waals surface area (Å²) >= 11 is 0. The fourth-order valence-corrected chi connectivity index (χ4v) is 1.95. The minimum atomic E-state index is -0.690. The van der Waals surface area contributed by atoms with Gasteiger partial charge < -0.3 is 9.47 Å². The Hall–Kier alpha value is -1.35. The van der Waals surface area contributed by atoms with E-state index in [1.807, 2.05) is 32.0 Å². The molecule has 2 unspecified atom stereocenters. The summed E-state index contributed by atoms with van der Waals surface area (Å²) in [6, 6.07) is 9.10. The number of epoxide rings is 1. The maximum Gasteiger partial charge on any atom is 0.346 e. The molecule has 1 heterocycles. The summed E-state index contributed by atoms with van der Waals surface area (Å²) in [5.41, 5.74) is -0.690. The normalized spacial score (nSPS) is 27.5. The molecule has 1 fully saturated rings. The third kappa shape index (κ3) is 1.83. The monoisotopic (exact) mass is 220 g/mol. The molecule has 0 N–H and O–H groups in total. The molecule has 1 aromatic carbocycles. The van der Waals surface area contributed by atoms with Crippen molar-refractivity contribution in [2.24, 2.45) is 0 Å². The zero-order valence-electron chi connectivity index (χ0n) is 9.60. The van der Waals surface area contributed by atoms with Gasteiger partial charge in [0.2, 0.25) is 0 Å². The third-order valence-electron chi connectivity index (χ3n) is 3.01. The number of para-hydroxylation sites is 1. The van der Waals surface area contributed by atoms with Gasteiger partial charge >= 0.3 is 5.97 Å². The molecule has 0 radical (unpaired) electrons. The van der Waals surface area contributed by atoms with Gasteiger partial charge in [-0.25, -0.2) is 4.79 Å². The van der Waals surface area contributed by atoms with Gasteiger partial charge in [0.15, 0.2) is 5.60 Å². The van der Waals surface area contributed by atoms with Gasteiger partial charge in [-0.3, -0.25) is 0 Å². The quantitative estimate of drug-likeness (QED) is 0.444. The molecule has 1 saturated heterocycles. The van der Waals surface area contributed by atoms with Crippen molar-refractivity contribution in [1.82, 2.24) is 0 Å². The number of carbonyl (C=O) groups excluding carboxylic acids is 1. The summed E-state index contributed by atoms with van der Waals surface area (Å²) in [6.45, 7) is 3.96. The van der Waals surface area contributed by atoms with Gasteiger partial charge in [-0.15, -0.1) is 0 Å². The predicted octanol–water partition coefficient (Wildman–Crippen LogP) is 2.55. The minimum Gasteiger partial charge on any atom is -0.424 e. The van der Waals surface area contributed by atoms with Crippen LogP contribution in [-0.2, 0) is 9.53 Å². The van der Waals surface area contributed by atoms with Gasteiger partial charge in [-0.05, 0) is 25.0 Å². The molecule has 2 rings (SSSR count). The van der Waals surface area contributed by atoms with Crippen molar-refractivity contribution in [3.8, 4) is 5.75 Å². The molecule has 0 bridgehead atoms. The SMILES string of the molecule is CCC1OC1(CC)C(=O)Oc1ccccc1. The van der Waals surface area contributed by atoms with E-state index in [1.54, 1.807) is 12.1 Å². The van der Waals surface area contributed by atoms with E-state index in [0.717, 1.165) is 6.42 Å². The zero-order valence-corrected chi connectivity index (χ0v) is 9.60. The Bertz CT molecular complexity index is 374. The highest BCUT2D eigenvalue weighted by molar-refractivity contribution is 5.85. The van der Waals surface area contributed by atoms with E-state index in [4.69, 9.17) is 9.47 Å². The second kappa shape index (κ2) is 4.26. The molecule has 3 heteroatoms. The lowest BCUT2D eigenvalue weighted by Gasteiger charge is -2.09. The van der Waals surface area contributed by atoms with E-state index in [2.05, 4.69) is 0 Å². The molecule has 86 valence electrons. The van der Waals surface area contributed by atoms with Crippen LogP contribution in [0.4, 0.5) is 0 Å². The van der Waals surface area contributed by atoms with Crippen molar-refractivity contribution >= 4 is 5.97 Å². The van der Waals surface area contributed by atoms with Crippen LogP contribution in [0.25, 0.3) is 0 Å². The Labute approximate surface area is 95.4 Å². The van der Waals surface area contributed by atoms with Crippen LogP contribution in [0.15, 0.2) is 30.3 Å². The van der Waals surface area contributed by atoms with Crippen LogP contribution >= 0.6 is 0 Å². The summed E-state index contributed by atoms with van der Waals surface area (Å²) < 4.78 is 10.8. The van der Waals surface area contributed by atoms with E-state index in [9.17, 15) is 4.79 Å². The Morgan fingerprint density at radius 2 is 2.06 bits per heavy atom. The Morgan fingerprint density at radius 3 is 2.56 bits per heavy atom. The summed E-state index contributed by atoms with van der Waals surface area (Å²) in [6.07, 6.45) is 1.53. The lowest BCUT2D eigenvalue weighted by atomic mass is 10.0. The smallest absolute Gasteiger partial charge is 0.346 e. The van der Waals surface area contributed by atoms with Crippen LogP contribution in [0.3, 0.4) is 0 Å². The van der Waals surface area contributed by atoms with Gasteiger partial charge in [-0.1, -0.05) is 32.0 Å². The van der Waals surface area contributed by atoms with Crippen molar-refractivity contribution in [2.45, 2.75) is 38.4 Å². The van der Waals surface area contributed by atoms with Crippen molar-refractivity contribution < 1.29 is 14.3 Å². The number of hydrogen-bond acceptors (Lipinski definition) is 3. The molecule has 0 spiro atoms. The van der Waals surface area contributed by atoms with Crippen molar-refractivity contribution in [1.29, 1.82) is 0 Å². The molecule has 3 nitrogen and oxygen atoms in total. The van der Waals surface area contributed by atoms with Crippen LogP contribution in [0.5, 0.6) is 5.75 Å². The van der Waals surface area contributed by atoms with Crippen LogP contribution in [-0.4, -0.2) is 17.7 Å². The molecule has 0 aliphatic carbocycles. The van der Waals surface area contributed by atoms with Crippen LogP contribution in [0.2, 0.25) is 0 Å². The Balaban J connectivity index is 2.04. The summed E-state index contributed by atoms with van der Waals surface area (Å²) in [5, 5.41) is 0. The first-order chi connectivity index (χ1) is 7.73. The average Bonchev–Trinajstić information content (AvgIpc) is 3.05. The Morgan fingerprint density at radius 1 is 1.38 bits per heavy atom. The van der Waals surface area contributed by atoms with Gasteiger partial charge in [0.05, 0.1) is 6.10 Å². The fourth-order valence-electron chi connectivity index (χ4n) is 1.95. The molecule has 2 atom stereocenters. The van der Waals surface area contributed by atoms with Crippen molar-refractivity contribution in [3.05, 3.63) is 30.3 Å². The largest absolute Gasteiger partial charge is 0.424 e. The molecule has 0 saturated carbocycles. The topological polar surface area (TPSA) is 38.8 Å². The van der Waals surface area contributed by atoms with E-state index in [0.29, 0.717) is 12.2 Å². The fraction of sp³-hybridized carbons (Fsp3) is 0.462.